The van der Waals surface area contributed by atoms with Gasteiger partial charge < -0.3 is 10.0 Å². The summed E-state index contributed by atoms with van der Waals surface area (Å²) in [6, 6.07) is 23.9. The highest BCUT2D eigenvalue weighted by atomic mass is 32.2. The predicted octanol–water partition coefficient (Wildman–Crippen LogP) is 6.10. The third-order valence-corrected chi connectivity index (χ3v) is 6.39. The molecular weight excluding hydrogens is 372 g/mol. The molecule has 0 spiro atoms. The molecule has 0 saturated carbocycles. The first-order valence-corrected chi connectivity index (χ1v) is 10.7. The number of rotatable bonds is 5. The zero-order valence-corrected chi connectivity index (χ0v) is 16.4. The summed E-state index contributed by atoms with van der Waals surface area (Å²) in [6.45, 7) is 0. The molecule has 0 unspecified atom stereocenters. The van der Waals surface area contributed by atoms with Crippen LogP contribution in [0.1, 0.15) is 22.3 Å². The number of amides is 1. The molecule has 0 aromatic heterocycles. The van der Waals surface area contributed by atoms with Crippen molar-refractivity contribution < 1.29 is 4.79 Å². The van der Waals surface area contributed by atoms with E-state index in [0.29, 0.717) is 0 Å². The third kappa shape index (κ3) is 4.67. The number of carbonyl (C=O) groups excluding carboxylic acids is 1. The summed E-state index contributed by atoms with van der Waals surface area (Å²) in [4.78, 5) is 15.0. The standard InChI is InChI=1S/C22H20N2OS2/c25-22(17-8-13-21-16(15-17)5-4-14-26-21)23-18-9-11-20(12-10-18)27-24-19-6-2-1-3-7-19/h1-3,6-13,15,24H,4-5,14H2,(H,23,25). The van der Waals surface area contributed by atoms with Gasteiger partial charge in [-0.1, -0.05) is 18.2 Å². The van der Waals surface area contributed by atoms with Gasteiger partial charge in [-0.3, -0.25) is 4.79 Å². The quantitative estimate of drug-likeness (QED) is 0.515. The maximum atomic E-state index is 12.6. The van der Waals surface area contributed by atoms with Crippen molar-refractivity contribution in [2.24, 2.45) is 0 Å². The van der Waals surface area contributed by atoms with Crippen molar-refractivity contribution >= 4 is 41.0 Å². The van der Waals surface area contributed by atoms with Crippen LogP contribution in [0.4, 0.5) is 11.4 Å². The van der Waals surface area contributed by atoms with Gasteiger partial charge in [0, 0.05) is 26.7 Å². The molecule has 0 radical (unpaired) electrons. The molecule has 3 aromatic rings. The lowest BCUT2D eigenvalue weighted by molar-refractivity contribution is 0.102. The summed E-state index contributed by atoms with van der Waals surface area (Å²) in [5.41, 5.74) is 3.87. The lowest BCUT2D eigenvalue weighted by Gasteiger charge is -2.16. The molecule has 1 aliphatic rings. The molecular formula is C22H20N2OS2. The van der Waals surface area contributed by atoms with Crippen LogP contribution in [0.5, 0.6) is 0 Å². The third-order valence-electron chi connectivity index (χ3n) is 4.34. The van der Waals surface area contributed by atoms with Crippen LogP contribution in [0.2, 0.25) is 0 Å². The fourth-order valence-electron chi connectivity index (χ4n) is 2.94. The normalized spacial score (nSPS) is 12.9. The van der Waals surface area contributed by atoms with Gasteiger partial charge >= 0.3 is 0 Å². The van der Waals surface area contributed by atoms with E-state index in [1.165, 1.54) is 22.6 Å². The number of anilines is 2. The molecule has 136 valence electrons. The number of hydrogen-bond donors (Lipinski definition) is 2. The van der Waals surface area contributed by atoms with Crippen LogP contribution in [-0.2, 0) is 6.42 Å². The van der Waals surface area contributed by atoms with Crippen LogP contribution >= 0.6 is 23.7 Å². The number of nitrogens with one attached hydrogen (secondary N) is 2. The summed E-state index contributed by atoms with van der Waals surface area (Å²) in [7, 11) is 0. The smallest absolute Gasteiger partial charge is 0.255 e. The lowest BCUT2D eigenvalue weighted by atomic mass is 10.1. The minimum Gasteiger partial charge on any atom is -0.326 e. The van der Waals surface area contributed by atoms with E-state index >= 15 is 0 Å². The summed E-state index contributed by atoms with van der Waals surface area (Å²) in [5.74, 6) is 1.11. The molecule has 0 bridgehead atoms. The SMILES string of the molecule is O=C(Nc1ccc(SNc2ccccc2)cc1)c1ccc2c(c1)CCCS2. The highest BCUT2D eigenvalue weighted by molar-refractivity contribution is 8.00. The Morgan fingerprint density at radius 1 is 0.926 bits per heavy atom. The van der Waals surface area contributed by atoms with Gasteiger partial charge in [-0.15, -0.1) is 11.8 Å². The second-order valence-electron chi connectivity index (χ2n) is 6.32. The highest BCUT2D eigenvalue weighted by Crippen LogP contribution is 2.30. The number of para-hydroxylation sites is 1. The molecule has 27 heavy (non-hydrogen) atoms. The van der Waals surface area contributed by atoms with Gasteiger partial charge in [0.2, 0.25) is 0 Å². The monoisotopic (exact) mass is 392 g/mol. The van der Waals surface area contributed by atoms with Gasteiger partial charge in [0.25, 0.3) is 5.91 Å². The van der Waals surface area contributed by atoms with Gasteiger partial charge in [-0.05, 0) is 90.7 Å². The van der Waals surface area contributed by atoms with Gasteiger partial charge in [0.1, 0.15) is 0 Å². The minimum absolute atomic E-state index is 0.0591. The van der Waals surface area contributed by atoms with Crippen molar-refractivity contribution in [2.45, 2.75) is 22.6 Å². The molecule has 1 amide bonds. The number of aryl methyl sites for hydroxylation is 1. The average Bonchev–Trinajstić information content (AvgIpc) is 2.73. The van der Waals surface area contributed by atoms with E-state index in [1.807, 2.05) is 78.5 Å². The topological polar surface area (TPSA) is 41.1 Å². The van der Waals surface area contributed by atoms with Crippen LogP contribution in [0.25, 0.3) is 0 Å². The Kier molecular flexibility index (Phi) is 5.70. The second kappa shape index (κ2) is 8.55. The van der Waals surface area contributed by atoms with Crippen LogP contribution in [0, 0.1) is 0 Å². The van der Waals surface area contributed by atoms with Crippen molar-refractivity contribution in [3.05, 3.63) is 83.9 Å². The summed E-state index contributed by atoms with van der Waals surface area (Å²) in [6.07, 6.45) is 2.24. The number of benzene rings is 3. The first-order valence-electron chi connectivity index (χ1n) is 8.93. The van der Waals surface area contributed by atoms with E-state index in [-0.39, 0.29) is 5.91 Å². The largest absolute Gasteiger partial charge is 0.326 e. The Morgan fingerprint density at radius 2 is 1.74 bits per heavy atom. The maximum Gasteiger partial charge on any atom is 0.255 e. The molecule has 5 heteroatoms. The number of hydrogen-bond acceptors (Lipinski definition) is 4. The molecule has 0 saturated heterocycles. The lowest BCUT2D eigenvalue weighted by Crippen LogP contribution is -2.13. The fraction of sp³-hybridized carbons (Fsp3) is 0.136. The van der Waals surface area contributed by atoms with Crippen LogP contribution in [0.3, 0.4) is 0 Å². The summed E-state index contributed by atoms with van der Waals surface area (Å²) < 4.78 is 3.30. The second-order valence-corrected chi connectivity index (χ2v) is 8.34. The van der Waals surface area contributed by atoms with Crippen molar-refractivity contribution in [2.75, 3.05) is 15.8 Å². The van der Waals surface area contributed by atoms with Crippen LogP contribution < -0.4 is 10.0 Å². The van der Waals surface area contributed by atoms with Gasteiger partial charge in [-0.2, -0.15) is 0 Å². The summed E-state index contributed by atoms with van der Waals surface area (Å²) >= 11 is 3.43. The number of carbonyl (C=O) groups is 1. The molecule has 1 aliphatic heterocycles. The number of thioether (sulfide) groups is 1. The maximum absolute atomic E-state index is 12.6. The minimum atomic E-state index is -0.0591. The average molecular weight is 393 g/mol. The Balaban J connectivity index is 1.37. The van der Waals surface area contributed by atoms with Crippen molar-refractivity contribution in [3.8, 4) is 0 Å². The highest BCUT2D eigenvalue weighted by Gasteiger charge is 2.13. The van der Waals surface area contributed by atoms with Crippen molar-refractivity contribution in [1.82, 2.24) is 0 Å². The van der Waals surface area contributed by atoms with Crippen molar-refractivity contribution in [3.63, 3.8) is 0 Å². The molecule has 0 fully saturated rings. The van der Waals surface area contributed by atoms with Crippen molar-refractivity contribution in [1.29, 1.82) is 0 Å². The van der Waals surface area contributed by atoms with E-state index in [4.69, 9.17) is 0 Å². The molecule has 0 atom stereocenters. The van der Waals surface area contributed by atoms with E-state index in [9.17, 15) is 4.79 Å². The van der Waals surface area contributed by atoms with Gasteiger partial charge in [0.15, 0.2) is 0 Å². The molecule has 0 aliphatic carbocycles. The predicted molar refractivity (Wildman–Crippen MR) is 116 cm³/mol. The Labute approximate surface area is 168 Å². The zero-order valence-electron chi connectivity index (χ0n) is 14.8. The molecule has 4 rings (SSSR count). The van der Waals surface area contributed by atoms with E-state index in [1.54, 1.807) is 11.9 Å². The first-order chi connectivity index (χ1) is 13.3. The molecule has 2 N–H and O–H groups in total. The Hall–Kier alpha value is -2.37. The Morgan fingerprint density at radius 3 is 2.56 bits per heavy atom. The zero-order chi connectivity index (χ0) is 18.5. The van der Waals surface area contributed by atoms with Gasteiger partial charge in [0.05, 0.1) is 0 Å². The van der Waals surface area contributed by atoms with Crippen LogP contribution in [0.15, 0.2) is 82.6 Å². The Bertz CT molecular complexity index is 927. The van der Waals surface area contributed by atoms with Gasteiger partial charge in [-0.25, -0.2) is 0 Å². The fourth-order valence-corrected chi connectivity index (χ4v) is 4.60. The summed E-state index contributed by atoms with van der Waals surface area (Å²) in [5, 5.41) is 2.99. The molecule has 3 nitrogen and oxygen atoms in total. The van der Waals surface area contributed by atoms with E-state index in [2.05, 4.69) is 16.1 Å². The van der Waals surface area contributed by atoms with Crippen LogP contribution in [-0.4, -0.2) is 11.7 Å². The van der Waals surface area contributed by atoms with E-state index in [0.717, 1.165) is 28.3 Å². The molecule has 3 aromatic carbocycles. The van der Waals surface area contributed by atoms with E-state index < -0.39 is 0 Å². The molecule has 1 heterocycles. The number of fused-ring (bicyclic) bond motifs is 1. The first kappa shape index (κ1) is 18.0.